The van der Waals surface area contributed by atoms with Gasteiger partial charge in [-0.15, -0.1) is 0 Å². The van der Waals surface area contributed by atoms with E-state index in [9.17, 15) is 5.26 Å². The van der Waals surface area contributed by atoms with E-state index in [2.05, 4.69) is 24.8 Å². The van der Waals surface area contributed by atoms with Crippen LogP contribution in [0.5, 0.6) is 0 Å². The Morgan fingerprint density at radius 2 is 1.41 bits per heavy atom. The van der Waals surface area contributed by atoms with Gasteiger partial charge in [0.2, 0.25) is 0 Å². The maximum Gasteiger partial charge on any atom is 0.0689 e. The highest BCUT2D eigenvalue weighted by Crippen LogP contribution is 2.42. The number of rotatable bonds is 12. The van der Waals surface area contributed by atoms with Crippen LogP contribution in [0.1, 0.15) is 123 Å². The monoisotopic (exact) mass is 374 g/mol. The van der Waals surface area contributed by atoms with E-state index in [1.165, 1.54) is 103 Å². The second-order valence-corrected chi connectivity index (χ2v) is 9.62. The predicted octanol–water partition coefficient (Wildman–Crippen LogP) is 7.48. The van der Waals surface area contributed by atoms with Gasteiger partial charge in [0.25, 0.3) is 0 Å². The van der Waals surface area contributed by atoms with E-state index in [1.54, 1.807) is 0 Å². The van der Waals surface area contributed by atoms with Gasteiger partial charge in [-0.3, -0.25) is 0 Å². The highest BCUT2D eigenvalue weighted by Gasteiger charge is 2.37. The van der Waals surface area contributed by atoms with Gasteiger partial charge in [0.15, 0.2) is 0 Å². The average molecular weight is 375 g/mol. The van der Waals surface area contributed by atoms with Crippen molar-refractivity contribution < 1.29 is 0 Å². The fourth-order valence-electron chi connectivity index (χ4n) is 5.47. The molecule has 1 aliphatic heterocycles. The summed E-state index contributed by atoms with van der Waals surface area (Å²) in [5.74, 6) is 0.989. The summed E-state index contributed by atoms with van der Waals surface area (Å²) < 4.78 is 0. The average Bonchev–Trinajstić information content (AvgIpc) is 2.72. The maximum absolute atomic E-state index is 9.80. The van der Waals surface area contributed by atoms with Gasteiger partial charge >= 0.3 is 0 Å². The minimum absolute atomic E-state index is 0.0149. The summed E-state index contributed by atoms with van der Waals surface area (Å²) in [5, 5.41) is 9.80. The molecule has 0 aromatic heterocycles. The molecule has 2 rings (SSSR count). The van der Waals surface area contributed by atoms with Crippen LogP contribution in [0.3, 0.4) is 0 Å². The van der Waals surface area contributed by atoms with Crippen molar-refractivity contribution >= 4 is 0 Å². The molecule has 0 radical (unpaired) electrons. The molecule has 2 nitrogen and oxygen atoms in total. The normalized spacial score (nSPS) is 27.5. The van der Waals surface area contributed by atoms with Crippen LogP contribution in [0.4, 0.5) is 0 Å². The second-order valence-electron chi connectivity index (χ2n) is 9.62. The van der Waals surface area contributed by atoms with Crippen LogP contribution in [0, 0.1) is 22.7 Å². The van der Waals surface area contributed by atoms with Crippen LogP contribution >= 0.6 is 0 Å². The number of hydrogen-bond donors (Lipinski definition) is 0. The molecule has 1 aliphatic carbocycles. The van der Waals surface area contributed by atoms with Crippen LogP contribution in [0.25, 0.3) is 0 Å². The third-order valence-electron chi connectivity index (χ3n) is 7.54. The molecule has 0 N–H and O–H groups in total. The fourth-order valence-corrected chi connectivity index (χ4v) is 5.47. The smallest absolute Gasteiger partial charge is 0.0689 e. The lowest BCUT2D eigenvalue weighted by Crippen LogP contribution is -2.44. The largest absolute Gasteiger partial charge is 0.300 e. The SMILES string of the molecule is CCCCCCCC1CCN(C2CCC(C#N)(CCCCCC)CC2)CC1. The highest BCUT2D eigenvalue weighted by molar-refractivity contribution is 5.03. The van der Waals surface area contributed by atoms with Gasteiger partial charge in [-0.2, -0.15) is 5.26 Å². The fraction of sp³-hybridized carbons (Fsp3) is 0.960. The number of hydrogen-bond acceptors (Lipinski definition) is 2. The van der Waals surface area contributed by atoms with Crippen molar-refractivity contribution in [1.29, 1.82) is 5.26 Å². The minimum Gasteiger partial charge on any atom is -0.300 e. The molecule has 0 atom stereocenters. The van der Waals surface area contributed by atoms with E-state index in [-0.39, 0.29) is 5.41 Å². The lowest BCUT2D eigenvalue weighted by atomic mass is 9.70. The summed E-state index contributed by atoms with van der Waals surface area (Å²) in [7, 11) is 0. The molecule has 0 aromatic rings. The van der Waals surface area contributed by atoms with Crippen LogP contribution in [-0.2, 0) is 0 Å². The molecule has 1 saturated carbocycles. The Morgan fingerprint density at radius 1 is 0.815 bits per heavy atom. The molecule has 1 heterocycles. The van der Waals surface area contributed by atoms with E-state index < -0.39 is 0 Å². The van der Waals surface area contributed by atoms with Gasteiger partial charge in [0, 0.05) is 6.04 Å². The zero-order valence-electron chi connectivity index (χ0n) is 18.5. The summed E-state index contributed by atoms with van der Waals surface area (Å²) in [6, 6.07) is 3.51. The van der Waals surface area contributed by atoms with Crippen LogP contribution in [-0.4, -0.2) is 24.0 Å². The van der Waals surface area contributed by atoms with Crippen molar-refractivity contribution in [2.45, 2.75) is 129 Å². The van der Waals surface area contributed by atoms with E-state index in [1.807, 2.05) is 0 Å². The second kappa shape index (κ2) is 12.8. The maximum atomic E-state index is 9.80. The molecular weight excluding hydrogens is 328 g/mol. The predicted molar refractivity (Wildman–Crippen MR) is 117 cm³/mol. The molecule has 2 fully saturated rings. The molecule has 0 spiro atoms. The van der Waals surface area contributed by atoms with Crippen molar-refractivity contribution in [2.75, 3.05) is 13.1 Å². The Hall–Kier alpha value is -0.550. The topological polar surface area (TPSA) is 27.0 Å². The van der Waals surface area contributed by atoms with Gasteiger partial charge in [-0.25, -0.2) is 0 Å². The Labute approximate surface area is 170 Å². The molecule has 0 bridgehead atoms. The number of piperidine rings is 1. The molecule has 1 saturated heterocycles. The minimum atomic E-state index is 0.0149. The van der Waals surface area contributed by atoms with Crippen LogP contribution < -0.4 is 0 Å². The Morgan fingerprint density at radius 3 is 2.00 bits per heavy atom. The lowest BCUT2D eigenvalue weighted by Gasteiger charge is -2.43. The van der Waals surface area contributed by atoms with Gasteiger partial charge in [0.05, 0.1) is 11.5 Å². The summed E-state index contributed by atoms with van der Waals surface area (Å²) in [4.78, 5) is 2.78. The first-order chi connectivity index (χ1) is 13.2. The zero-order chi connectivity index (χ0) is 19.4. The van der Waals surface area contributed by atoms with Gasteiger partial charge in [-0.1, -0.05) is 78.1 Å². The van der Waals surface area contributed by atoms with Crippen molar-refractivity contribution in [3.63, 3.8) is 0 Å². The first-order valence-electron chi connectivity index (χ1n) is 12.4. The Kier molecular flexibility index (Phi) is 10.8. The number of nitriles is 1. The zero-order valence-corrected chi connectivity index (χ0v) is 18.5. The summed E-state index contributed by atoms with van der Waals surface area (Å²) in [6.45, 7) is 7.20. The molecule has 0 amide bonds. The quantitative estimate of drug-likeness (QED) is 0.331. The standard InChI is InChI=1S/C25H46N2/c1-3-5-7-9-10-12-23-15-20-27(21-16-23)24-13-18-25(22-26,19-14-24)17-11-8-6-4-2/h23-24H,3-21H2,1-2H3. The number of likely N-dealkylation sites (tertiary alicyclic amines) is 1. The number of unbranched alkanes of at least 4 members (excludes halogenated alkanes) is 7. The summed E-state index contributed by atoms with van der Waals surface area (Å²) in [6.07, 6.45) is 22.6. The first-order valence-corrected chi connectivity index (χ1v) is 12.4. The van der Waals surface area contributed by atoms with Crippen LogP contribution in [0.15, 0.2) is 0 Å². The lowest BCUT2D eigenvalue weighted by molar-refractivity contribution is 0.0754. The molecule has 2 heteroatoms. The number of nitrogens with zero attached hydrogens (tertiary/aromatic N) is 2. The third kappa shape index (κ3) is 7.77. The van der Waals surface area contributed by atoms with E-state index in [4.69, 9.17) is 0 Å². The van der Waals surface area contributed by atoms with Gasteiger partial charge in [0.1, 0.15) is 0 Å². The molecule has 156 valence electrons. The third-order valence-corrected chi connectivity index (χ3v) is 7.54. The van der Waals surface area contributed by atoms with Crippen molar-refractivity contribution in [2.24, 2.45) is 11.3 Å². The van der Waals surface area contributed by atoms with E-state index in [0.29, 0.717) is 0 Å². The Bertz CT molecular complexity index is 409. The molecule has 0 aromatic carbocycles. The van der Waals surface area contributed by atoms with Gasteiger partial charge in [-0.05, 0) is 64.0 Å². The van der Waals surface area contributed by atoms with Gasteiger partial charge < -0.3 is 4.90 Å². The first kappa shape index (κ1) is 22.7. The molecule has 27 heavy (non-hydrogen) atoms. The van der Waals surface area contributed by atoms with Crippen molar-refractivity contribution in [3.8, 4) is 6.07 Å². The van der Waals surface area contributed by atoms with E-state index in [0.717, 1.165) is 31.2 Å². The summed E-state index contributed by atoms with van der Waals surface area (Å²) in [5.41, 5.74) is 0.0149. The Balaban J connectivity index is 1.63. The van der Waals surface area contributed by atoms with E-state index >= 15 is 0 Å². The van der Waals surface area contributed by atoms with Crippen LogP contribution in [0.2, 0.25) is 0 Å². The van der Waals surface area contributed by atoms with Crippen molar-refractivity contribution in [3.05, 3.63) is 0 Å². The molecule has 2 aliphatic rings. The summed E-state index contributed by atoms with van der Waals surface area (Å²) >= 11 is 0. The molecular formula is C25H46N2. The highest BCUT2D eigenvalue weighted by atomic mass is 15.2. The molecule has 0 unspecified atom stereocenters. The van der Waals surface area contributed by atoms with Crippen molar-refractivity contribution in [1.82, 2.24) is 4.90 Å².